The molecule has 1 aromatic heterocycles. The second-order valence-corrected chi connectivity index (χ2v) is 3.48. The van der Waals surface area contributed by atoms with Crippen LogP contribution in [0.3, 0.4) is 0 Å². The molecule has 0 aromatic carbocycles. The summed E-state index contributed by atoms with van der Waals surface area (Å²) in [6.45, 7) is 3.72. The average molecular weight is 214 g/mol. The molecule has 3 nitrogen and oxygen atoms in total. The number of allylic oxidation sites excluding steroid dienone is 1. The molecule has 0 aliphatic carbocycles. The lowest BCUT2D eigenvalue weighted by atomic mass is 10.2. The Labute approximate surface area is 89.8 Å². The molecule has 0 saturated carbocycles. The summed E-state index contributed by atoms with van der Waals surface area (Å²) >= 11 is 5.50. The van der Waals surface area contributed by atoms with Gasteiger partial charge in [-0.3, -0.25) is 4.68 Å². The molecule has 4 heteroatoms. The van der Waals surface area contributed by atoms with Gasteiger partial charge in [0, 0.05) is 37.8 Å². The van der Waals surface area contributed by atoms with Gasteiger partial charge in [-0.05, 0) is 6.92 Å². The molecule has 0 atom stereocenters. The molecule has 1 N–H and O–H groups in total. The lowest BCUT2D eigenvalue weighted by molar-refractivity contribution is 0.749. The first-order chi connectivity index (χ1) is 6.74. The summed E-state index contributed by atoms with van der Waals surface area (Å²) < 4.78 is 1.83. The second kappa shape index (κ2) is 5.83. The first-order valence-electron chi connectivity index (χ1n) is 4.65. The van der Waals surface area contributed by atoms with Crippen molar-refractivity contribution < 1.29 is 0 Å². The van der Waals surface area contributed by atoms with E-state index in [-0.39, 0.29) is 0 Å². The van der Waals surface area contributed by atoms with Crippen LogP contribution in [0.4, 0.5) is 0 Å². The molecule has 0 aliphatic heterocycles. The summed E-state index contributed by atoms with van der Waals surface area (Å²) in [5, 5.41) is 7.56. The number of alkyl halides is 1. The number of hydrogen-bond acceptors (Lipinski definition) is 2. The maximum atomic E-state index is 5.50. The van der Waals surface area contributed by atoms with Gasteiger partial charge < -0.3 is 5.32 Å². The third-order valence-corrected chi connectivity index (χ3v) is 2.13. The molecule has 1 rings (SSSR count). The highest BCUT2D eigenvalue weighted by atomic mass is 35.5. The molecule has 0 unspecified atom stereocenters. The van der Waals surface area contributed by atoms with Gasteiger partial charge in [-0.2, -0.15) is 5.10 Å². The monoisotopic (exact) mass is 213 g/mol. The Morgan fingerprint density at radius 1 is 1.57 bits per heavy atom. The first-order valence-corrected chi connectivity index (χ1v) is 5.18. The molecule has 1 heterocycles. The number of rotatable bonds is 5. The zero-order valence-corrected chi connectivity index (χ0v) is 9.38. The molecule has 0 aliphatic rings. The SMILES string of the molecule is Cc1nn(C)cc1CNC/C=C/CCl. The van der Waals surface area contributed by atoms with Crippen molar-refractivity contribution in [3.8, 4) is 0 Å². The molecule has 1 aromatic rings. The Morgan fingerprint density at radius 2 is 2.36 bits per heavy atom. The van der Waals surface area contributed by atoms with Crippen molar-refractivity contribution in [2.75, 3.05) is 12.4 Å². The Bertz CT molecular complexity index is 304. The zero-order valence-electron chi connectivity index (χ0n) is 8.63. The van der Waals surface area contributed by atoms with E-state index >= 15 is 0 Å². The first kappa shape index (κ1) is 11.3. The summed E-state index contributed by atoms with van der Waals surface area (Å²) in [4.78, 5) is 0. The summed E-state index contributed by atoms with van der Waals surface area (Å²) in [6, 6.07) is 0. The van der Waals surface area contributed by atoms with Crippen molar-refractivity contribution in [2.45, 2.75) is 13.5 Å². The van der Waals surface area contributed by atoms with E-state index in [2.05, 4.69) is 10.4 Å². The molecular formula is C10H16ClN3. The summed E-state index contributed by atoms with van der Waals surface area (Å²) in [5.41, 5.74) is 2.33. The quantitative estimate of drug-likeness (QED) is 0.458. The number of hydrogen-bond donors (Lipinski definition) is 1. The van der Waals surface area contributed by atoms with Crippen molar-refractivity contribution in [2.24, 2.45) is 7.05 Å². The van der Waals surface area contributed by atoms with E-state index in [4.69, 9.17) is 11.6 Å². The fourth-order valence-electron chi connectivity index (χ4n) is 1.26. The number of halogens is 1. The third kappa shape index (κ3) is 3.52. The molecule has 0 saturated heterocycles. The maximum Gasteiger partial charge on any atom is 0.0638 e. The predicted molar refractivity (Wildman–Crippen MR) is 59.5 cm³/mol. The minimum Gasteiger partial charge on any atom is -0.309 e. The van der Waals surface area contributed by atoms with Gasteiger partial charge in [0.05, 0.1) is 5.69 Å². The highest BCUT2D eigenvalue weighted by Crippen LogP contribution is 2.03. The fourth-order valence-corrected chi connectivity index (χ4v) is 1.38. The van der Waals surface area contributed by atoms with Crippen molar-refractivity contribution in [3.05, 3.63) is 29.6 Å². The standard InChI is InChI=1S/C10H16ClN3/c1-9-10(8-14(2)13-9)7-12-6-4-3-5-11/h3-4,8,12H,5-7H2,1-2H3/b4-3+. The summed E-state index contributed by atoms with van der Waals surface area (Å²) in [7, 11) is 1.93. The van der Waals surface area contributed by atoms with E-state index in [9.17, 15) is 0 Å². The lowest BCUT2D eigenvalue weighted by Gasteiger charge is -1.98. The van der Waals surface area contributed by atoms with Crippen LogP contribution in [0.2, 0.25) is 0 Å². The Balaban J connectivity index is 2.31. The lowest BCUT2D eigenvalue weighted by Crippen LogP contribution is -2.13. The van der Waals surface area contributed by atoms with Gasteiger partial charge in [-0.1, -0.05) is 12.2 Å². The number of nitrogens with zero attached hydrogens (tertiary/aromatic N) is 2. The highest BCUT2D eigenvalue weighted by molar-refractivity contribution is 6.18. The Morgan fingerprint density at radius 3 is 2.93 bits per heavy atom. The molecule has 0 fully saturated rings. The molecule has 0 radical (unpaired) electrons. The number of nitrogens with one attached hydrogen (secondary N) is 1. The summed E-state index contributed by atoms with van der Waals surface area (Å²) in [6.07, 6.45) is 6.00. The van der Waals surface area contributed by atoms with E-state index in [1.54, 1.807) is 0 Å². The van der Waals surface area contributed by atoms with Crippen molar-refractivity contribution >= 4 is 11.6 Å². The molecule has 0 bridgehead atoms. The topological polar surface area (TPSA) is 29.9 Å². The predicted octanol–water partition coefficient (Wildman–Crippen LogP) is 1.61. The zero-order chi connectivity index (χ0) is 10.4. The molecular weight excluding hydrogens is 198 g/mol. The van der Waals surface area contributed by atoms with Crippen LogP contribution in [-0.4, -0.2) is 22.2 Å². The van der Waals surface area contributed by atoms with Crippen LogP contribution in [-0.2, 0) is 13.6 Å². The number of aryl methyl sites for hydroxylation is 2. The van der Waals surface area contributed by atoms with Crippen molar-refractivity contribution in [1.29, 1.82) is 0 Å². The van der Waals surface area contributed by atoms with Crippen LogP contribution < -0.4 is 5.32 Å². The van der Waals surface area contributed by atoms with Crippen LogP contribution in [0.5, 0.6) is 0 Å². The van der Waals surface area contributed by atoms with Crippen LogP contribution in [0, 0.1) is 6.92 Å². The maximum absolute atomic E-state index is 5.50. The van der Waals surface area contributed by atoms with E-state index in [1.807, 2.05) is 37.0 Å². The normalized spacial score (nSPS) is 11.4. The average Bonchev–Trinajstić information content (AvgIpc) is 2.45. The largest absolute Gasteiger partial charge is 0.309 e. The van der Waals surface area contributed by atoms with Gasteiger partial charge >= 0.3 is 0 Å². The molecule has 78 valence electrons. The van der Waals surface area contributed by atoms with Gasteiger partial charge in [-0.15, -0.1) is 11.6 Å². The van der Waals surface area contributed by atoms with Gasteiger partial charge in [0.1, 0.15) is 0 Å². The van der Waals surface area contributed by atoms with Crippen LogP contribution in [0.25, 0.3) is 0 Å². The summed E-state index contributed by atoms with van der Waals surface area (Å²) in [5.74, 6) is 0.577. The number of aromatic nitrogens is 2. The van der Waals surface area contributed by atoms with Gasteiger partial charge in [0.25, 0.3) is 0 Å². The second-order valence-electron chi connectivity index (χ2n) is 3.17. The third-order valence-electron chi connectivity index (χ3n) is 1.95. The van der Waals surface area contributed by atoms with Crippen LogP contribution in [0.15, 0.2) is 18.3 Å². The molecule has 14 heavy (non-hydrogen) atoms. The smallest absolute Gasteiger partial charge is 0.0638 e. The molecule has 0 amide bonds. The van der Waals surface area contributed by atoms with Crippen molar-refractivity contribution in [1.82, 2.24) is 15.1 Å². The Kier molecular flexibility index (Phi) is 4.70. The minimum atomic E-state index is 0.577. The van der Waals surface area contributed by atoms with Crippen LogP contribution in [0.1, 0.15) is 11.3 Å². The van der Waals surface area contributed by atoms with Crippen LogP contribution >= 0.6 is 11.6 Å². The van der Waals surface area contributed by atoms with Gasteiger partial charge in [-0.25, -0.2) is 0 Å². The molecule has 0 spiro atoms. The van der Waals surface area contributed by atoms with Gasteiger partial charge in [0.2, 0.25) is 0 Å². The van der Waals surface area contributed by atoms with E-state index < -0.39 is 0 Å². The van der Waals surface area contributed by atoms with Gasteiger partial charge in [0.15, 0.2) is 0 Å². The van der Waals surface area contributed by atoms with E-state index in [1.165, 1.54) is 5.56 Å². The highest BCUT2D eigenvalue weighted by Gasteiger charge is 2.00. The van der Waals surface area contributed by atoms with E-state index in [0.717, 1.165) is 18.8 Å². The van der Waals surface area contributed by atoms with E-state index in [0.29, 0.717) is 5.88 Å². The van der Waals surface area contributed by atoms with Crippen molar-refractivity contribution in [3.63, 3.8) is 0 Å². The fraction of sp³-hybridized carbons (Fsp3) is 0.500. The minimum absolute atomic E-state index is 0.577. The Hall–Kier alpha value is -0.800.